The number of likely N-dealkylation sites (tertiary alicyclic amines) is 1. The van der Waals surface area contributed by atoms with Gasteiger partial charge in [-0.1, -0.05) is 0 Å². The smallest absolute Gasteiger partial charge is 0.231 e. The zero-order valence-corrected chi connectivity index (χ0v) is 15.1. The largest absolute Gasteiger partial charge is 0.369 e. The van der Waals surface area contributed by atoms with Gasteiger partial charge >= 0.3 is 0 Å². The first-order valence-electron chi connectivity index (χ1n) is 8.97. The number of carbonyl (C=O) groups is 1. The summed E-state index contributed by atoms with van der Waals surface area (Å²) in [6.07, 6.45) is 2.10. The van der Waals surface area contributed by atoms with E-state index in [4.69, 9.17) is 5.73 Å². The van der Waals surface area contributed by atoms with Crippen LogP contribution in [0.1, 0.15) is 25.3 Å². The molecular weight excluding hydrogens is 340 g/mol. The molecule has 0 aliphatic carbocycles. The number of nitrogens with one attached hydrogen (secondary N) is 2. The molecule has 1 aliphatic heterocycles. The summed E-state index contributed by atoms with van der Waals surface area (Å²) in [6, 6.07) is 3.71. The van der Waals surface area contributed by atoms with Crippen LogP contribution < -0.4 is 16.4 Å². The highest BCUT2D eigenvalue weighted by Crippen LogP contribution is 2.11. The third kappa shape index (κ3) is 6.59. The number of benzene rings is 1. The first-order chi connectivity index (χ1) is 12.5. The number of halogens is 2. The highest BCUT2D eigenvalue weighted by molar-refractivity contribution is 5.80. The predicted octanol–water partition coefficient (Wildman–Crippen LogP) is 1.01. The van der Waals surface area contributed by atoms with Crippen molar-refractivity contribution in [3.05, 3.63) is 35.4 Å². The lowest BCUT2D eigenvalue weighted by Gasteiger charge is -2.32. The highest BCUT2D eigenvalue weighted by Gasteiger charge is 2.20. The second-order valence-corrected chi connectivity index (χ2v) is 6.41. The number of hydrogen-bond donors (Lipinski definition) is 3. The molecule has 0 saturated carbocycles. The molecule has 1 aromatic carbocycles. The molecule has 1 fully saturated rings. The number of guanidine groups is 1. The minimum atomic E-state index is -0.446. The standard InChI is InChI=1S/C18H27F2N5O/c1-2-22-18(23-8-5-13-11-14(19)3-4-16(13)20)24-15-6-9-25(10-7-15)12-17(21)26/h3-4,11,15H,2,5-10,12H2,1H3,(H2,21,26)(H2,22,23,24). The van der Waals surface area contributed by atoms with E-state index in [1.54, 1.807) is 0 Å². The van der Waals surface area contributed by atoms with Gasteiger partial charge in [-0.15, -0.1) is 0 Å². The van der Waals surface area contributed by atoms with Crippen LogP contribution in [0.3, 0.4) is 0 Å². The monoisotopic (exact) mass is 367 g/mol. The van der Waals surface area contributed by atoms with Crippen LogP contribution in [0.15, 0.2) is 23.2 Å². The van der Waals surface area contributed by atoms with E-state index in [9.17, 15) is 13.6 Å². The molecule has 0 unspecified atom stereocenters. The van der Waals surface area contributed by atoms with Crippen LogP contribution in [-0.2, 0) is 11.2 Å². The Bertz CT molecular complexity index is 630. The summed E-state index contributed by atoms with van der Waals surface area (Å²) in [5.74, 6) is -0.506. The molecule has 0 radical (unpaired) electrons. The summed E-state index contributed by atoms with van der Waals surface area (Å²) in [7, 11) is 0. The first-order valence-corrected chi connectivity index (χ1v) is 8.97. The molecule has 8 heteroatoms. The molecule has 1 aliphatic rings. The maximum absolute atomic E-state index is 13.7. The average Bonchev–Trinajstić information content (AvgIpc) is 2.59. The van der Waals surface area contributed by atoms with Crippen molar-refractivity contribution in [1.29, 1.82) is 0 Å². The van der Waals surface area contributed by atoms with Gasteiger partial charge in [-0.3, -0.25) is 14.7 Å². The molecule has 0 atom stereocenters. The minimum Gasteiger partial charge on any atom is -0.369 e. The molecule has 1 amide bonds. The molecule has 1 saturated heterocycles. The van der Waals surface area contributed by atoms with Crippen LogP contribution in [0.25, 0.3) is 0 Å². The van der Waals surface area contributed by atoms with E-state index < -0.39 is 11.6 Å². The lowest BCUT2D eigenvalue weighted by atomic mass is 10.1. The van der Waals surface area contributed by atoms with Gasteiger partial charge in [-0.2, -0.15) is 0 Å². The van der Waals surface area contributed by atoms with E-state index in [1.807, 2.05) is 11.8 Å². The fourth-order valence-electron chi connectivity index (χ4n) is 2.99. The number of rotatable bonds is 7. The van der Waals surface area contributed by atoms with Crippen LogP contribution in [0, 0.1) is 11.6 Å². The van der Waals surface area contributed by atoms with Crippen LogP contribution in [-0.4, -0.2) is 55.5 Å². The van der Waals surface area contributed by atoms with Crippen molar-refractivity contribution in [3.63, 3.8) is 0 Å². The SMILES string of the molecule is CCNC(=NCCc1cc(F)ccc1F)NC1CCN(CC(N)=O)CC1. The van der Waals surface area contributed by atoms with Gasteiger partial charge in [0, 0.05) is 32.2 Å². The average molecular weight is 367 g/mol. The zero-order chi connectivity index (χ0) is 18.9. The third-order valence-corrected chi connectivity index (χ3v) is 4.31. The Kier molecular flexibility index (Phi) is 7.77. The maximum atomic E-state index is 13.7. The fraction of sp³-hybridized carbons (Fsp3) is 0.556. The lowest BCUT2D eigenvalue weighted by molar-refractivity contribution is -0.119. The predicted molar refractivity (Wildman–Crippen MR) is 97.8 cm³/mol. The Morgan fingerprint density at radius 2 is 2.08 bits per heavy atom. The van der Waals surface area contributed by atoms with E-state index in [1.165, 1.54) is 6.07 Å². The Morgan fingerprint density at radius 3 is 2.73 bits per heavy atom. The van der Waals surface area contributed by atoms with Crippen molar-refractivity contribution in [2.45, 2.75) is 32.2 Å². The number of carbonyl (C=O) groups excluding carboxylic acids is 1. The van der Waals surface area contributed by atoms with Crippen LogP contribution in [0.2, 0.25) is 0 Å². The molecule has 144 valence electrons. The fourth-order valence-corrected chi connectivity index (χ4v) is 2.99. The zero-order valence-electron chi connectivity index (χ0n) is 15.1. The van der Waals surface area contributed by atoms with Crippen molar-refractivity contribution >= 4 is 11.9 Å². The van der Waals surface area contributed by atoms with Gasteiger partial charge in [0.25, 0.3) is 0 Å². The van der Waals surface area contributed by atoms with Crippen LogP contribution in [0.4, 0.5) is 8.78 Å². The van der Waals surface area contributed by atoms with Crippen molar-refractivity contribution in [3.8, 4) is 0 Å². The van der Waals surface area contributed by atoms with Crippen molar-refractivity contribution in [2.24, 2.45) is 10.7 Å². The molecule has 1 heterocycles. The Balaban J connectivity index is 1.85. The third-order valence-electron chi connectivity index (χ3n) is 4.31. The molecule has 1 aromatic rings. The van der Waals surface area contributed by atoms with Crippen molar-refractivity contribution in [1.82, 2.24) is 15.5 Å². The number of nitrogens with two attached hydrogens (primary N) is 1. The van der Waals surface area contributed by atoms with Gasteiger partial charge in [0.2, 0.25) is 5.91 Å². The summed E-state index contributed by atoms with van der Waals surface area (Å²) >= 11 is 0. The van der Waals surface area contributed by atoms with E-state index in [0.29, 0.717) is 37.6 Å². The Hall–Kier alpha value is -2.22. The molecule has 0 aromatic heterocycles. The van der Waals surface area contributed by atoms with E-state index in [-0.39, 0.29) is 11.9 Å². The summed E-state index contributed by atoms with van der Waals surface area (Å²) in [5, 5.41) is 6.54. The molecule has 0 bridgehead atoms. The number of nitrogens with zero attached hydrogens (tertiary/aromatic N) is 2. The number of aliphatic imine (C=N–C) groups is 1. The van der Waals surface area contributed by atoms with Gasteiger partial charge in [0.1, 0.15) is 11.6 Å². The lowest BCUT2D eigenvalue weighted by Crippen LogP contribution is -2.49. The minimum absolute atomic E-state index is 0.253. The van der Waals surface area contributed by atoms with Gasteiger partial charge < -0.3 is 16.4 Å². The molecular formula is C18H27F2N5O. The van der Waals surface area contributed by atoms with Gasteiger partial charge in [0.05, 0.1) is 6.54 Å². The van der Waals surface area contributed by atoms with E-state index >= 15 is 0 Å². The molecule has 2 rings (SSSR count). The highest BCUT2D eigenvalue weighted by atomic mass is 19.1. The van der Waals surface area contributed by atoms with Gasteiger partial charge in [-0.05, 0) is 49.9 Å². The number of primary amides is 1. The molecule has 4 N–H and O–H groups in total. The molecule has 26 heavy (non-hydrogen) atoms. The van der Waals surface area contributed by atoms with Crippen molar-refractivity contribution in [2.75, 3.05) is 32.7 Å². The normalized spacial score (nSPS) is 16.5. The first kappa shape index (κ1) is 20.1. The Labute approximate surface area is 152 Å². The Morgan fingerprint density at radius 1 is 1.35 bits per heavy atom. The van der Waals surface area contributed by atoms with Crippen molar-refractivity contribution < 1.29 is 13.6 Å². The second kappa shape index (κ2) is 10.1. The van der Waals surface area contributed by atoms with E-state index in [0.717, 1.165) is 38.1 Å². The second-order valence-electron chi connectivity index (χ2n) is 6.41. The topological polar surface area (TPSA) is 82.8 Å². The molecule has 0 spiro atoms. The van der Waals surface area contributed by atoms with Crippen LogP contribution >= 0.6 is 0 Å². The van der Waals surface area contributed by atoms with Gasteiger partial charge in [-0.25, -0.2) is 8.78 Å². The number of amides is 1. The van der Waals surface area contributed by atoms with Gasteiger partial charge in [0.15, 0.2) is 5.96 Å². The summed E-state index contributed by atoms with van der Waals surface area (Å²) < 4.78 is 26.9. The summed E-state index contributed by atoms with van der Waals surface area (Å²) in [4.78, 5) is 17.5. The summed E-state index contributed by atoms with van der Waals surface area (Å²) in [6.45, 7) is 4.93. The maximum Gasteiger partial charge on any atom is 0.231 e. The van der Waals surface area contributed by atoms with Crippen LogP contribution in [0.5, 0.6) is 0 Å². The van der Waals surface area contributed by atoms with E-state index in [2.05, 4.69) is 15.6 Å². The number of piperidine rings is 1. The number of hydrogen-bond acceptors (Lipinski definition) is 3. The quantitative estimate of drug-likeness (QED) is 0.496. The summed E-state index contributed by atoms with van der Waals surface area (Å²) in [5.41, 5.74) is 5.55. The molecule has 6 nitrogen and oxygen atoms in total.